The first-order valence-corrected chi connectivity index (χ1v) is 6.52. The minimum absolute atomic E-state index is 0.00871. The van der Waals surface area contributed by atoms with E-state index >= 15 is 0 Å². The zero-order chi connectivity index (χ0) is 11.9. The van der Waals surface area contributed by atoms with Gasteiger partial charge in [-0.25, -0.2) is 0 Å². The van der Waals surface area contributed by atoms with Gasteiger partial charge in [-0.05, 0) is 17.7 Å². The van der Waals surface area contributed by atoms with Crippen molar-refractivity contribution in [3.05, 3.63) is 45.1 Å². The maximum Gasteiger partial charge on any atom is 0.197 e. The van der Waals surface area contributed by atoms with Crippen LogP contribution in [0.25, 0.3) is 0 Å². The molecule has 0 saturated carbocycles. The molecule has 0 aromatic heterocycles. The Kier molecular flexibility index (Phi) is 3.15. The Morgan fingerprint density at radius 3 is 2.56 bits per heavy atom. The molecule has 3 nitrogen and oxygen atoms in total. The average Bonchev–Trinajstić information content (AvgIpc) is 2.47. The molecule has 1 aliphatic rings. The van der Waals surface area contributed by atoms with Crippen LogP contribution >= 0.6 is 23.2 Å². The molecule has 0 spiro atoms. The Bertz CT molecular complexity index is 490. The second-order valence-corrected chi connectivity index (χ2v) is 5.60. The maximum atomic E-state index is 11.7. The third-order valence-electron chi connectivity index (χ3n) is 2.38. The van der Waals surface area contributed by atoms with Gasteiger partial charge in [-0.2, -0.15) is 0 Å². The van der Waals surface area contributed by atoms with Crippen molar-refractivity contribution in [1.82, 2.24) is 4.90 Å². The highest BCUT2D eigenvalue weighted by molar-refractivity contribution is 7.88. The van der Waals surface area contributed by atoms with Crippen LogP contribution in [-0.4, -0.2) is 21.3 Å². The first-order valence-electron chi connectivity index (χ1n) is 4.48. The van der Waals surface area contributed by atoms with E-state index in [-0.39, 0.29) is 5.88 Å². The smallest absolute Gasteiger partial charge is 0.197 e. The first kappa shape index (κ1) is 11.8. The van der Waals surface area contributed by atoms with Crippen molar-refractivity contribution in [2.24, 2.45) is 0 Å². The van der Waals surface area contributed by atoms with Crippen LogP contribution in [0.5, 0.6) is 0 Å². The molecule has 1 aromatic rings. The summed E-state index contributed by atoms with van der Waals surface area (Å²) in [5.74, 6) is 0.00871. The van der Waals surface area contributed by atoms with Crippen LogP contribution in [-0.2, 0) is 10.8 Å². The summed E-state index contributed by atoms with van der Waals surface area (Å²) < 4.78 is 11.7. The van der Waals surface area contributed by atoms with Gasteiger partial charge in [0.15, 0.2) is 5.88 Å². The standard InChI is InChI=1S/C10H9Cl2NO2S/c1-13-9(14)5-16(15)10(13)6-2-3-7(11)8(12)4-6/h2-5,10,14H,1H3. The second kappa shape index (κ2) is 4.28. The molecule has 2 rings (SSSR count). The number of halogens is 2. The number of aliphatic hydroxyl groups is 1. The predicted octanol–water partition coefficient (Wildman–Crippen LogP) is 3.04. The van der Waals surface area contributed by atoms with Crippen LogP contribution in [0.15, 0.2) is 29.5 Å². The zero-order valence-electron chi connectivity index (χ0n) is 8.35. The SMILES string of the molecule is CN1C(O)=CS(=O)C1c1ccc(Cl)c(Cl)c1. The van der Waals surface area contributed by atoms with E-state index in [0.717, 1.165) is 5.56 Å². The van der Waals surface area contributed by atoms with Gasteiger partial charge in [0.25, 0.3) is 0 Å². The van der Waals surface area contributed by atoms with Gasteiger partial charge in [0.2, 0.25) is 0 Å². The zero-order valence-corrected chi connectivity index (χ0v) is 10.7. The van der Waals surface area contributed by atoms with Crippen LogP contribution in [0.1, 0.15) is 10.9 Å². The summed E-state index contributed by atoms with van der Waals surface area (Å²) in [5, 5.41) is 11.2. The number of hydrogen-bond acceptors (Lipinski definition) is 3. The van der Waals surface area contributed by atoms with Crippen molar-refractivity contribution in [3.8, 4) is 0 Å². The average molecular weight is 278 g/mol. The molecule has 0 radical (unpaired) electrons. The van der Waals surface area contributed by atoms with Crippen LogP contribution in [0, 0.1) is 0 Å². The number of nitrogens with zero attached hydrogens (tertiary/aromatic N) is 1. The highest BCUT2D eigenvalue weighted by atomic mass is 35.5. The molecule has 2 atom stereocenters. The normalized spacial score (nSPS) is 24.7. The molecule has 6 heteroatoms. The van der Waals surface area contributed by atoms with Crippen molar-refractivity contribution in [1.29, 1.82) is 0 Å². The summed E-state index contributed by atoms with van der Waals surface area (Å²) >= 11 is 11.7. The summed E-state index contributed by atoms with van der Waals surface area (Å²) in [6, 6.07) is 5.06. The third-order valence-corrected chi connectivity index (χ3v) is 4.59. The molecule has 16 heavy (non-hydrogen) atoms. The second-order valence-electron chi connectivity index (χ2n) is 3.44. The van der Waals surface area contributed by atoms with Crippen LogP contribution < -0.4 is 0 Å². The van der Waals surface area contributed by atoms with Crippen LogP contribution in [0.2, 0.25) is 10.0 Å². The molecule has 1 aromatic carbocycles. The van der Waals surface area contributed by atoms with Gasteiger partial charge in [0, 0.05) is 7.05 Å². The number of benzene rings is 1. The highest BCUT2D eigenvalue weighted by Gasteiger charge is 2.30. The van der Waals surface area contributed by atoms with Gasteiger partial charge >= 0.3 is 0 Å². The first-order chi connectivity index (χ1) is 7.50. The Morgan fingerprint density at radius 1 is 1.38 bits per heavy atom. The summed E-state index contributed by atoms with van der Waals surface area (Å²) in [7, 11) is 0.396. The molecule has 0 bridgehead atoms. The fourth-order valence-corrected chi connectivity index (χ4v) is 3.20. The monoisotopic (exact) mass is 277 g/mol. The van der Waals surface area contributed by atoms with Crippen molar-refractivity contribution in [2.75, 3.05) is 7.05 Å². The molecular formula is C10H9Cl2NO2S. The van der Waals surface area contributed by atoms with E-state index in [1.54, 1.807) is 25.2 Å². The fourth-order valence-electron chi connectivity index (χ4n) is 1.55. The van der Waals surface area contributed by atoms with Crippen LogP contribution in [0.3, 0.4) is 0 Å². The summed E-state index contributed by atoms with van der Waals surface area (Å²) in [4.78, 5) is 1.54. The van der Waals surface area contributed by atoms with Crippen molar-refractivity contribution in [3.63, 3.8) is 0 Å². The minimum atomic E-state index is -1.27. The number of aliphatic hydroxyl groups excluding tert-OH is 1. The Hall–Kier alpha value is -0.710. The van der Waals surface area contributed by atoms with E-state index in [9.17, 15) is 9.32 Å². The van der Waals surface area contributed by atoms with Crippen molar-refractivity contribution < 1.29 is 9.32 Å². The molecule has 1 heterocycles. The van der Waals surface area contributed by atoms with Gasteiger partial charge in [-0.1, -0.05) is 29.3 Å². The van der Waals surface area contributed by atoms with Gasteiger partial charge in [0.05, 0.1) is 26.3 Å². The van der Waals surface area contributed by atoms with Gasteiger partial charge in [-0.3, -0.25) is 4.21 Å². The van der Waals surface area contributed by atoms with E-state index in [1.807, 2.05) is 0 Å². The molecule has 1 N–H and O–H groups in total. The Labute approximate surface area is 106 Å². The van der Waals surface area contributed by atoms with Gasteiger partial charge in [0.1, 0.15) is 5.37 Å². The lowest BCUT2D eigenvalue weighted by atomic mass is 10.2. The maximum absolute atomic E-state index is 11.7. The van der Waals surface area contributed by atoms with Crippen molar-refractivity contribution in [2.45, 2.75) is 5.37 Å². The molecule has 0 aliphatic carbocycles. The number of rotatable bonds is 1. The predicted molar refractivity (Wildman–Crippen MR) is 65.8 cm³/mol. The Morgan fingerprint density at radius 2 is 2.06 bits per heavy atom. The minimum Gasteiger partial charge on any atom is -0.494 e. The lowest BCUT2D eigenvalue weighted by Crippen LogP contribution is -2.20. The van der Waals surface area contributed by atoms with E-state index < -0.39 is 16.2 Å². The van der Waals surface area contributed by atoms with Crippen LogP contribution in [0.4, 0.5) is 0 Å². The van der Waals surface area contributed by atoms with Gasteiger partial charge < -0.3 is 10.0 Å². The number of hydrogen-bond donors (Lipinski definition) is 1. The van der Waals surface area contributed by atoms with E-state index in [0.29, 0.717) is 10.0 Å². The largest absolute Gasteiger partial charge is 0.494 e. The van der Waals surface area contributed by atoms with Gasteiger partial charge in [-0.15, -0.1) is 0 Å². The third kappa shape index (κ3) is 1.93. The van der Waals surface area contributed by atoms with Crippen molar-refractivity contribution >= 4 is 34.0 Å². The quantitative estimate of drug-likeness (QED) is 0.858. The van der Waals surface area contributed by atoms with E-state index in [2.05, 4.69) is 0 Å². The molecule has 0 fully saturated rings. The summed E-state index contributed by atoms with van der Waals surface area (Å²) in [6.07, 6.45) is 0. The fraction of sp³-hybridized carbons (Fsp3) is 0.200. The Balaban J connectivity index is 2.39. The lowest BCUT2D eigenvalue weighted by Gasteiger charge is -2.21. The summed E-state index contributed by atoms with van der Waals surface area (Å²) in [6.45, 7) is 0. The molecule has 86 valence electrons. The summed E-state index contributed by atoms with van der Waals surface area (Å²) in [5.41, 5.74) is 0.760. The molecule has 2 unspecified atom stereocenters. The molecule has 0 saturated heterocycles. The molecule has 0 amide bonds. The molecule has 1 aliphatic heterocycles. The van der Waals surface area contributed by atoms with E-state index in [4.69, 9.17) is 23.2 Å². The highest BCUT2D eigenvalue weighted by Crippen LogP contribution is 2.35. The topological polar surface area (TPSA) is 40.5 Å². The lowest BCUT2D eigenvalue weighted by molar-refractivity contribution is 0.230. The van der Waals surface area contributed by atoms with E-state index in [1.165, 1.54) is 10.3 Å². The molecular weight excluding hydrogens is 269 g/mol.